The maximum absolute atomic E-state index is 5.12. The monoisotopic (exact) mass is 198 g/mol. The Balaban J connectivity index is 1.54. The van der Waals surface area contributed by atoms with Crippen LogP contribution >= 0.6 is 0 Å². The fourth-order valence-electron chi connectivity index (χ4n) is 2.14. The Morgan fingerprint density at radius 3 is 2.36 bits per heavy atom. The minimum atomic E-state index is 0.641. The van der Waals surface area contributed by atoms with Crippen molar-refractivity contribution in [2.45, 2.75) is 31.7 Å². The largest absolute Gasteiger partial charge is 0.378 e. The first-order chi connectivity index (χ1) is 6.95. The van der Waals surface area contributed by atoms with Gasteiger partial charge in [0.2, 0.25) is 0 Å². The van der Waals surface area contributed by atoms with Crippen LogP contribution in [0.4, 0.5) is 0 Å². The van der Waals surface area contributed by atoms with E-state index >= 15 is 0 Å². The van der Waals surface area contributed by atoms with Gasteiger partial charge in [0.15, 0.2) is 0 Å². The molecule has 2 aliphatic rings. The highest BCUT2D eigenvalue weighted by Gasteiger charge is 2.17. The summed E-state index contributed by atoms with van der Waals surface area (Å²) < 4.78 is 5.12. The standard InChI is InChI=1S/C11H22N2O/c1-2-4-7-13(6-3-1)8-5-12-11-9-14-10-11/h11-12H,1-10H2. The molecule has 2 saturated heterocycles. The van der Waals surface area contributed by atoms with E-state index in [1.165, 1.54) is 45.3 Å². The van der Waals surface area contributed by atoms with Crippen molar-refractivity contribution in [3.8, 4) is 0 Å². The molecule has 2 rings (SSSR count). The smallest absolute Gasteiger partial charge is 0.0643 e. The summed E-state index contributed by atoms with van der Waals surface area (Å²) in [5.74, 6) is 0. The zero-order valence-corrected chi connectivity index (χ0v) is 9.00. The van der Waals surface area contributed by atoms with Gasteiger partial charge in [0.05, 0.1) is 19.3 Å². The number of hydrogen-bond donors (Lipinski definition) is 1. The van der Waals surface area contributed by atoms with E-state index in [9.17, 15) is 0 Å². The molecule has 2 aliphatic heterocycles. The Kier molecular flexibility index (Phi) is 4.22. The van der Waals surface area contributed by atoms with Crippen LogP contribution in [0, 0.1) is 0 Å². The molecule has 0 spiro atoms. The van der Waals surface area contributed by atoms with Gasteiger partial charge in [0.1, 0.15) is 0 Å². The third-order valence-electron chi connectivity index (χ3n) is 3.20. The molecule has 0 radical (unpaired) electrons. The lowest BCUT2D eigenvalue weighted by molar-refractivity contribution is -0.00565. The van der Waals surface area contributed by atoms with Gasteiger partial charge in [-0.25, -0.2) is 0 Å². The molecule has 0 bridgehead atoms. The first-order valence-electron chi connectivity index (χ1n) is 5.98. The lowest BCUT2D eigenvalue weighted by Crippen LogP contribution is -2.48. The molecular weight excluding hydrogens is 176 g/mol. The predicted molar refractivity (Wildman–Crippen MR) is 57.5 cm³/mol. The molecule has 0 aromatic rings. The zero-order chi connectivity index (χ0) is 9.64. The molecule has 0 unspecified atom stereocenters. The van der Waals surface area contributed by atoms with Gasteiger partial charge < -0.3 is 15.0 Å². The minimum absolute atomic E-state index is 0.641. The highest BCUT2D eigenvalue weighted by molar-refractivity contribution is 4.74. The summed E-state index contributed by atoms with van der Waals surface area (Å²) >= 11 is 0. The minimum Gasteiger partial charge on any atom is -0.378 e. The summed E-state index contributed by atoms with van der Waals surface area (Å²) in [6.07, 6.45) is 5.65. The number of rotatable bonds is 4. The number of ether oxygens (including phenoxy) is 1. The Hall–Kier alpha value is -0.120. The first kappa shape index (κ1) is 10.4. The second kappa shape index (κ2) is 5.69. The molecular formula is C11H22N2O. The molecule has 14 heavy (non-hydrogen) atoms. The Morgan fingerprint density at radius 1 is 1.07 bits per heavy atom. The number of likely N-dealkylation sites (tertiary alicyclic amines) is 1. The number of nitrogens with zero attached hydrogens (tertiary/aromatic N) is 1. The predicted octanol–water partition coefficient (Wildman–Crippen LogP) is 0.851. The molecule has 1 N–H and O–H groups in total. The van der Waals surface area contributed by atoms with Crippen LogP contribution in [0.15, 0.2) is 0 Å². The molecule has 2 fully saturated rings. The second-order valence-corrected chi connectivity index (χ2v) is 4.44. The van der Waals surface area contributed by atoms with Crippen molar-refractivity contribution in [1.29, 1.82) is 0 Å². The van der Waals surface area contributed by atoms with E-state index in [2.05, 4.69) is 10.2 Å². The molecule has 0 saturated carbocycles. The van der Waals surface area contributed by atoms with Crippen LogP contribution in [0.3, 0.4) is 0 Å². The Morgan fingerprint density at radius 2 is 1.79 bits per heavy atom. The molecule has 0 aliphatic carbocycles. The van der Waals surface area contributed by atoms with Crippen LogP contribution in [0.1, 0.15) is 25.7 Å². The van der Waals surface area contributed by atoms with Gasteiger partial charge in [-0.3, -0.25) is 0 Å². The average Bonchev–Trinajstić information content (AvgIpc) is 2.37. The zero-order valence-electron chi connectivity index (χ0n) is 9.00. The quantitative estimate of drug-likeness (QED) is 0.725. The topological polar surface area (TPSA) is 24.5 Å². The van der Waals surface area contributed by atoms with E-state index in [-0.39, 0.29) is 0 Å². The van der Waals surface area contributed by atoms with E-state index in [0.29, 0.717) is 6.04 Å². The molecule has 0 amide bonds. The molecule has 3 nitrogen and oxygen atoms in total. The molecule has 0 aromatic heterocycles. The highest BCUT2D eigenvalue weighted by atomic mass is 16.5. The fraction of sp³-hybridized carbons (Fsp3) is 1.00. The maximum Gasteiger partial charge on any atom is 0.0643 e. The third-order valence-corrected chi connectivity index (χ3v) is 3.20. The Labute approximate surface area is 86.8 Å². The summed E-state index contributed by atoms with van der Waals surface area (Å²) in [6.45, 7) is 6.80. The van der Waals surface area contributed by atoms with Gasteiger partial charge >= 0.3 is 0 Å². The van der Waals surface area contributed by atoms with Crippen molar-refractivity contribution >= 4 is 0 Å². The van der Waals surface area contributed by atoms with E-state index in [1.54, 1.807) is 0 Å². The van der Waals surface area contributed by atoms with Gasteiger partial charge in [-0.2, -0.15) is 0 Å². The second-order valence-electron chi connectivity index (χ2n) is 4.44. The highest BCUT2D eigenvalue weighted by Crippen LogP contribution is 2.08. The van der Waals surface area contributed by atoms with Gasteiger partial charge in [-0.05, 0) is 25.9 Å². The maximum atomic E-state index is 5.12. The summed E-state index contributed by atoms with van der Waals surface area (Å²) in [5, 5.41) is 3.52. The normalized spacial score (nSPS) is 25.7. The van der Waals surface area contributed by atoms with Gasteiger partial charge in [0.25, 0.3) is 0 Å². The first-order valence-corrected chi connectivity index (χ1v) is 5.98. The molecule has 0 aromatic carbocycles. The SMILES string of the molecule is C1CCCN(CCNC2COC2)CC1. The number of hydrogen-bond acceptors (Lipinski definition) is 3. The van der Waals surface area contributed by atoms with Gasteiger partial charge in [-0.15, -0.1) is 0 Å². The lowest BCUT2D eigenvalue weighted by atomic mass is 10.2. The van der Waals surface area contributed by atoms with Crippen LogP contribution in [-0.2, 0) is 4.74 Å². The van der Waals surface area contributed by atoms with E-state index in [0.717, 1.165) is 19.8 Å². The summed E-state index contributed by atoms with van der Waals surface area (Å²) in [7, 11) is 0. The Bertz CT molecular complexity index is 151. The van der Waals surface area contributed by atoms with Crippen LogP contribution in [-0.4, -0.2) is 50.3 Å². The average molecular weight is 198 g/mol. The summed E-state index contributed by atoms with van der Waals surface area (Å²) in [6, 6.07) is 0.641. The van der Waals surface area contributed by atoms with Crippen molar-refractivity contribution in [1.82, 2.24) is 10.2 Å². The molecule has 2 heterocycles. The summed E-state index contributed by atoms with van der Waals surface area (Å²) in [4.78, 5) is 2.60. The molecule has 0 atom stereocenters. The summed E-state index contributed by atoms with van der Waals surface area (Å²) in [5.41, 5.74) is 0. The van der Waals surface area contributed by atoms with Crippen molar-refractivity contribution in [2.75, 3.05) is 39.4 Å². The van der Waals surface area contributed by atoms with Crippen LogP contribution in [0.25, 0.3) is 0 Å². The van der Waals surface area contributed by atoms with Crippen LogP contribution < -0.4 is 5.32 Å². The van der Waals surface area contributed by atoms with Gasteiger partial charge in [0, 0.05) is 13.1 Å². The van der Waals surface area contributed by atoms with Crippen LogP contribution in [0.2, 0.25) is 0 Å². The van der Waals surface area contributed by atoms with Crippen molar-refractivity contribution in [3.63, 3.8) is 0 Å². The van der Waals surface area contributed by atoms with Crippen LogP contribution in [0.5, 0.6) is 0 Å². The van der Waals surface area contributed by atoms with Crippen molar-refractivity contribution in [3.05, 3.63) is 0 Å². The van der Waals surface area contributed by atoms with Gasteiger partial charge in [-0.1, -0.05) is 12.8 Å². The van der Waals surface area contributed by atoms with Crippen molar-refractivity contribution in [2.24, 2.45) is 0 Å². The molecule has 3 heteroatoms. The fourth-order valence-corrected chi connectivity index (χ4v) is 2.14. The van der Waals surface area contributed by atoms with E-state index in [1.807, 2.05) is 0 Å². The number of nitrogens with one attached hydrogen (secondary N) is 1. The lowest BCUT2D eigenvalue weighted by Gasteiger charge is -2.28. The van der Waals surface area contributed by atoms with E-state index in [4.69, 9.17) is 4.74 Å². The molecule has 82 valence electrons. The third kappa shape index (κ3) is 3.23. The van der Waals surface area contributed by atoms with E-state index < -0.39 is 0 Å². The van der Waals surface area contributed by atoms with Crippen molar-refractivity contribution < 1.29 is 4.74 Å².